The summed E-state index contributed by atoms with van der Waals surface area (Å²) in [6.45, 7) is 2.19. The lowest BCUT2D eigenvalue weighted by molar-refractivity contribution is -0.149. The van der Waals surface area contributed by atoms with Crippen LogP contribution in [0.15, 0.2) is 59.1 Å². The van der Waals surface area contributed by atoms with Gasteiger partial charge in [0.2, 0.25) is 5.91 Å². The van der Waals surface area contributed by atoms with E-state index in [4.69, 9.17) is 14.0 Å². The monoisotopic (exact) mass is 406 g/mol. The van der Waals surface area contributed by atoms with Crippen LogP contribution in [0.3, 0.4) is 0 Å². The molecule has 7 heteroatoms. The molecule has 1 aromatic heterocycles. The number of amides is 1. The van der Waals surface area contributed by atoms with Crippen LogP contribution >= 0.6 is 0 Å². The van der Waals surface area contributed by atoms with Gasteiger partial charge < -0.3 is 18.9 Å². The maximum Gasteiger partial charge on any atom is 0.311 e. The summed E-state index contributed by atoms with van der Waals surface area (Å²) in [4.78, 5) is 26.7. The molecule has 0 spiro atoms. The second-order valence-electron chi connectivity index (χ2n) is 7.24. The van der Waals surface area contributed by atoms with Crippen molar-refractivity contribution in [2.45, 2.75) is 20.0 Å². The van der Waals surface area contributed by atoms with Crippen LogP contribution in [-0.2, 0) is 20.9 Å². The molecule has 0 unspecified atom stereocenters. The van der Waals surface area contributed by atoms with Crippen molar-refractivity contribution in [1.82, 2.24) is 5.16 Å². The molecule has 4 rings (SSSR count). The number of carbonyl (C=O) groups is 2. The Morgan fingerprint density at radius 2 is 2.00 bits per heavy atom. The van der Waals surface area contributed by atoms with Gasteiger partial charge in [0.1, 0.15) is 18.1 Å². The van der Waals surface area contributed by atoms with Crippen LogP contribution in [0.1, 0.15) is 17.7 Å². The van der Waals surface area contributed by atoms with Crippen molar-refractivity contribution in [3.05, 3.63) is 65.9 Å². The minimum absolute atomic E-state index is 0.00633. The summed E-state index contributed by atoms with van der Waals surface area (Å²) in [6, 6.07) is 16.9. The van der Waals surface area contributed by atoms with Gasteiger partial charge in [-0.05, 0) is 24.6 Å². The summed E-state index contributed by atoms with van der Waals surface area (Å²) in [7, 11) is 1.56. The van der Waals surface area contributed by atoms with Gasteiger partial charge in [0.25, 0.3) is 0 Å². The molecule has 2 aromatic carbocycles. The first-order valence-corrected chi connectivity index (χ1v) is 9.68. The smallest absolute Gasteiger partial charge is 0.311 e. The molecule has 30 heavy (non-hydrogen) atoms. The highest BCUT2D eigenvalue weighted by Gasteiger charge is 2.37. The summed E-state index contributed by atoms with van der Waals surface area (Å²) in [6.07, 6.45) is 0.101. The summed E-state index contributed by atoms with van der Waals surface area (Å²) < 4.78 is 16.1. The van der Waals surface area contributed by atoms with Gasteiger partial charge in [-0.25, -0.2) is 0 Å². The van der Waals surface area contributed by atoms with Crippen LogP contribution in [0.5, 0.6) is 5.75 Å². The highest BCUT2D eigenvalue weighted by atomic mass is 16.5. The summed E-state index contributed by atoms with van der Waals surface area (Å²) in [5.41, 5.74) is 3.09. The van der Waals surface area contributed by atoms with Gasteiger partial charge in [0, 0.05) is 24.6 Å². The summed E-state index contributed by atoms with van der Waals surface area (Å²) >= 11 is 0. The third-order valence-corrected chi connectivity index (χ3v) is 5.06. The maximum absolute atomic E-state index is 12.5. The second kappa shape index (κ2) is 8.41. The van der Waals surface area contributed by atoms with Crippen LogP contribution in [0.4, 0.5) is 5.69 Å². The molecule has 7 nitrogen and oxygen atoms in total. The average Bonchev–Trinajstić information content (AvgIpc) is 3.39. The number of methoxy groups -OCH3 is 1. The number of rotatable bonds is 6. The van der Waals surface area contributed by atoms with Crippen molar-refractivity contribution < 1.29 is 23.6 Å². The molecule has 1 aliphatic rings. The van der Waals surface area contributed by atoms with Gasteiger partial charge in [-0.1, -0.05) is 41.6 Å². The normalized spacial score (nSPS) is 16.0. The molecule has 3 aromatic rings. The Labute approximate surface area is 174 Å². The lowest BCUT2D eigenvalue weighted by Gasteiger charge is -2.20. The highest BCUT2D eigenvalue weighted by Crippen LogP contribution is 2.34. The van der Waals surface area contributed by atoms with E-state index in [0.717, 1.165) is 11.1 Å². The number of hydrogen-bond acceptors (Lipinski definition) is 6. The minimum Gasteiger partial charge on any atom is -0.495 e. The maximum atomic E-state index is 12.5. The molecule has 0 N–H and O–H groups in total. The van der Waals surface area contributed by atoms with Gasteiger partial charge in [-0.15, -0.1) is 0 Å². The number of nitrogens with zero attached hydrogens (tertiary/aromatic N) is 2. The lowest BCUT2D eigenvalue weighted by atomic mass is 10.1. The molecule has 1 atom stereocenters. The fraction of sp³-hybridized carbons (Fsp3) is 0.261. The molecule has 0 saturated carbocycles. The molecular weight excluding hydrogens is 384 g/mol. The van der Waals surface area contributed by atoms with Crippen molar-refractivity contribution in [2.75, 3.05) is 18.6 Å². The zero-order valence-electron chi connectivity index (χ0n) is 16.8. The second-order valence-corrected chi connectivity index (χ2v) is 7.24. The van der Waals surface area contributed by atoms with E-state index in [1.54, 1.807) is 18.1 Å². The number of hydrogen-bond donors (Lipinski definition) is 0. The Balaban J connectivity index is 1.39. The van der Waals surface area contributed by atoms with Crippen molar-refractivity contribution in [2.24, 2.45) is 5.92 Å². The summed E-state index contributed by atoms with van der Waals surface area (Å²) in [5.74, 6) is 0.105. The molecule has 0 aliphatic carbocycles. The van der Waals surface area contributed by atoms with Gasteiger partial charge in [0.15, 0.2) is 5.76 Å². The molecule has 1 aliphatic heterocycles. The van der Waals surface area contributed by atoms with E-state index in [2.05, 4.69) is 5.16 Å². The zero-order valence-corrected chi connectivity index (χ0v) is 16.8. The number of aromatic nitrogens is 1. The van der Waals surface area contributed by atoms with Gasteiger partial charge >= 0.3 is 5.97 Å². The van der Waals surface area contributed by atoms with Crippen molar-refractivity contribution >= 4 is 17.6 Å². The van der Waals surface area contributed by atoms with Gasteiger partial charge in [0.05, 0.1) is 18.7 Å². The van der Waals surface area contributed by atoms with Crippen molar-refractivity contribution in [1.29, 1.82) is 0 Å². The van der Waals surface area contributed by atoms with Crippen LogP contribution in [0, 0.1) is 12.8 Å². The Hall–Kier alpha value is -3.61. The van der Waals surface area contributed by atoms with E-state index in [9.17, 15) is 9.59 Å². The van der Waals surface area contributed by atoms with Crippen molar-refractivity contribution in [3.8, 4) is 17.1 Å². The number of anilines is 1. The topological polar surface area (TPSA) is 81.9 Å². The molecule has 1 amide bonds. The fourth-order valence-electron chi connectivity index (χ4n) is 3.49. The number of carbonyl (C=O) groups excluding carboxylic acids is 2. The standard InChI is InChI=1S/C23H22N2O5/c1-15-8-9-20(28-2)19(10-15)25-13-17(11-22(25)26)23(27)29-14-18-12-21(30-24-18)16-6-4-3-5-7-16/h3-10,12,17H,11,13-14H2,1-2H3/t17-/m0/s1. The zero-order chi connectivity index (χ0) is 21.1. The number of esters is 1. The SMILES string of the molecule is COc1ccc(C)cc1N1C[C@@H](C(=O)OCc2cc(-c3ccccc3)on2)CC1=O. The quantitative estimate of drug-likeness (QED) is 0.580. The fourth-order valence-corrected chi connectivity index (χ4v) is 3.49. The Morgan fingerprint density at radius 1 is 1.20 bits per heavy atom. The average molecular weight is 406 g/mol. The van der Waals surface area contributed by atoms with E-state index < -0.39 is 11.9 Å². The molecule has 2 heterocycles. The molecular formula is C23H22N2O5. The van der Waals surface area contributed by atoms with E-state index in [1.165, 1.54) is 0 Å². The predicted molar refractivity (Wildman–Crippen MR) is 110 cm³/mol. The van der Waals surface area contributed by atoms with Crippen LogP contribution in [0.2, 0.25) is 0 Å². The minimum atomic E-state index is -0.539. The number of benzene rings is 2. The Kier molecular flexibility index (Phi) is 5.52. The lowest BCUT2D eigenvalue weighted by Crippen LogP contribution is -2.27. The Bertz CT molecular complexity index is 1060. The van der Waals surface area contributed by atoms with E-state index in [1.807, 2.05) is 55.5 Å². The van der Waals surface area contributed by atoms with Gasteiger partial charge in [-0.2, -0.15) is 0 Å². The molecule has 1 saturated heterocycles. The van der Waals surface area contributed by atoms with Crippen molar-refractivity contribution in [3.63, 3.8) is 0 Å². The Morgan fingerprint density at radius 3 is 2.77 bits per heavy atom. The first kappa shape index (κ1) is 19.7. The highest BCUT2D eigenvalue weighted by molar-refractivity contribution is 6.00. The largest absolute Gasteiger partial charge is 0.495 e. The third-order valence-electron chi connectivity index (χ3n) is 5.06. The third kappa shape index (κ3) is 4.05. The number of aryl methyl sites for hydroxylation is 1. The molecule has 0 radical (unpaired) electrons. The van der Waals surface area contributed by atoms with E-state index in [-0.39, 0.29) is 25.5 Å². The predicted octanol–water partition coefficient (Wildman–Crippen LogP) is 3.75. The molecule has 0 bridgehead atoms. The van der Waals surface area contributed by atoms with Gasteiger partial charge in [-0.3, -0.25) is 9.59 Å². The summed E-state index contributed by atoms with van der Waals surface area (Å²) in [5, 5.41) is 3.95. The van der Waals surface area contributed by atoms with E-state index in [0.29, 0.717) is 22.9 Å². The number of ether oxygens (including phenoxy) is 2. The molecule has 1 fully saturated rings. The van der Waals surface area contributed by atoms with Crippen LogP contribution in [-0.4, -0.2) is 30.7 Å². The first-order chi connectivity index (χ1) is 14.5. The molecule has 154 valence electrons. The van der Waals surface area contributed by atoms with Crippen LogP contribution in [0.25, 0.3) is 11.3 Å². The first-order valence-electron chi connectivity index (χ1n) is 9.68. The van der Waals surface area contributed by atoms with Crippen LogP contribution < -0.4 is 9.64 Å². The van der Waals surface area contributed by atoms with E-state index >= 15 is 0 Å².